The van der Waals surface area contributed by atoms with Gasteiger partial charge in [-0.05, 0) is 91.0 Å². The maximum atomic E-state index is 11.3. The maximum Gasteiger partial charge on any atom is 0.246 e. The Morgan fingerprint density at radius 2 is 1.79 bits per heavy atom. The fourth-order valence-corrected chi connectivity index (χ4v) is 10.8. The summed E-state index contributed by atoms with van der Waals surface area (Å²) in [6.07, 6.45) is 13.4. The van der Waals surface area contributed by atoms with E-state index in [4.69, 9.17) is 39.0 Å². The molecule has 252 valence electrons. The quantitative estimate of drug-likeness (QED) is 0.427. The topological polar surface area (TPSA) is 124 Å². The SMILES string of the molecule is C[C@@H]([C@@H]1CCC2CCCN21)n1nc2c3c(nc(-c4noc5c4CCC[C@@]54CCCCC45OCCO5)nc31)N1C[C@](C)(O)CC[C@@H]1CO2. The number of hydrogen-bond donors (Lipinski definition) is 1. The van der Waals surface area contributed by atoms with Gasteiger partial charge in [0.05, 0.1) is 36.3 Å². The minimum atomic E-state index is -0.827. The summed E-state index contributed by atoms with van der Waals surface area (Å²) in [5.41, 5.74) is 1.40. The Hall–Kier alpha value is -2.80. The molecule has 2 aliphatic carbocycles. The molecule has 5 aliphatic heterocycles. The van der Waals surface area contributed by atoms with E-state index in [9.17, 15) is 5.11 Å². The molecule has 0 radical (unpaired) electrons. The minimum absolute atomic E-state index is 0.0923. The summed E-state index contributed by atoms with van der Waals surface area (Å²) in [5, 5.41) is 22.1. The second-order valence-corrected chi connectivity index (χ2v) is 15.8. The van der Waals surface area contributed by atoms with Crippen LogP contribution in [-0.2, 0) is 21.3 Å². The van der Waals surface area contributed by atoms with E-state index in [2.05, 4.69) is 21.4 Å². The highest BCUT2D eigenvalue weighted by Gasteiger charge is 2.61. The zero-order valence-corrected chi connectivity index (χ0v) is 27.7. The number of fused-ring (bicyclic) bond motifs is 6. The zero-order valence-electron chi connectivity index (χ0n) is 27.7. The molecule has 7 aliphatic rings. The second kappa shape index (κ2) is 10.4. The predicted molar refractivity (Wildman–Crippen MR) is 172 cm³/mol. The number of anilines is 1. The molecule has 0 bridgehead atoms. The highest BCUT2D eigenvalue weighted by Crippen LogP contribution is 2.57. The Labute approximate surface area is 275 Å². The fraction of sp³-hybridized carbons (Fsp3) is 0.771. The molecule has 3 aromatic heterocycles. The molecule has 1 saturated carbocycles. The third-order valence-corrected chi connectivity index (χ3v) is 13.0. The van der Waals surface area contributed by atoms with Crippen LogP contribution < -0.4 is 9.64 Å². The van der Waals surface area contributed by atoms with Crippen molar-refractivity contribution < 1.29 is 23.8 Å². The first-order chi connectivity index (χ1) is 22.9. The van der Waals surface area contributed by atoms with Gasteiger partial charge in [0.25, 0.3) is 0 Å². The fourth-order valence-electron chi connectivity index (χ4n) is 10.8. The third kappa shape index (κ3) is 4.13. The van der Waals surface area contributed by atoms with Gasteiger partial charge in [-0.25, -0.2) is 14.6 Å². The molecule has 0 aromatic carbocycles. The summed E-state index contributed by atoms with van der Waals surface area (Å²) >= 11 is 0. The number of ether oxygens (including phenoxy) is 3. The van der Waals surface area contributed by atoms with Crippen molar-refractivity contribution in [1.29, 1.82) is 0 Å². The lowest BCUT2D eigenvalue weighted by molar-refractivity contribution is -0.235. The lowest BCUT2D eigenvalue weighted by atomic mass is 9.61. The summed E-state index contributed by atoms with van der Waals surface area (Å²) in [5.74, 6) is 2.20. The predicted octanol–water partition coefficient (Wildman–Crippen LogP) is 4.67. The van der Waals surface area contributed by atoms with Crippen LogP contribution in [0.2, 0.25) is 0 Å². The lowest BCUT2D eigenvalue weighted by Gasteiger charge is -2.50. The molecule has 3 aromatic rings. The van der Waals surface area contributed by atoms with E-state index in [0.717, 1.165) is 98.9 Å². The Balaban J connectivity index is 1.14. The van der Waals surface area contributed by atoms with Crippen molar-refractivity contribution in [3.05, 3.63) is 11.3 Å². The highest BCUT2D eigenvalue weighted by atomic mass is 16.7. The molecule has 6 atom stereocenters. The summed E-state index contributed by atoms with van der Waals surface area (Å²) in [6, 6.07) is 1.29. The minimum Gasteiger partial charge on any atom is -0.474 e. The molecule has 0 amide bonds. The molecule has 5 fully saturated rings. The summed E-state index contributed by atoms with van der Waals surface area (Å²) in [7, 11) is 0. The van der Waals surface area contributed by atoms with Crippen molar-refractivity contribution in [2.75, 3.05) is 37.8 Å². The average molecular weight is 646 g/mol. The summed E-state index contributed by atoms with van der Waals surface area (Å²) < 4.78 is 27.9. The first-order valence-corrected chi connectivity index (χ1v) is 18.3. The van der Waals surface area contributed by atoms with E-state index in [1.165, 1.54) is 19.3 Å². The summed E-state index contributed by atoms with van der Waals surface area (Å²) in [6.45, 7) is 7.58. The molecule has 12 nitrogen and oxygen atoms in total. The third-order valence-electron chi connectivity index (χ3n) is 13.0. The molecule has 1 N–H and O–H groups in total. The molecule has 1 unspecified atom stereocenters. The molecule has 4 saturated heterocycles. The molecular weight excluding hydrogens is 598 g/mol. The monoisotopic (exact) mass is 645 g/mol. The number of aromatic nitrogens is 5. The van der Waals surface area contributed by atoms with Crippen molar-refractivity contribution >= 4 is 16.9 Å². The van der Waals surface area contributed by atoms with Crippen LogP contribution in [-0.4, -0.2) is 97.3 Å². The number of hydrogen-bond acceptors (Lipinski definition) is 11. The molecule has 8 heterocycles. The van der Waals surface area contributed by atoms with Crippen LogP contribution in [0.1, 0.15) is 108 Å². The van der Waals surface area contributed by atoms with Crippen LogP contribution in [0.5, 0.6) is 5.88 Å². The average Bonchev–Trinajstić information content (AvgIpc) is 3.89. The van der Waals surface area contributed by atoms with Crippen molar-refractivity contribution in [1.82, 2.24) is 29.8 Å². The molecule has 10 rings (SSSR count). The van der Waals surface area contributed by atoms with Gasteiger partial charge >= 0.3 is 0 Å². The van der Waals surface area contributed by atoms with Crippen molar-refractivity contribution in [3.63, 3.8) is 0 Å². The van der Waals surface area contributed by atoms with Crippen LogP contribution >= 0.6 is 0 Å². The lowest BCUT2D eigenvalue weighted by Crippen LogP contribution is -2.56. The van der Waals surface area contributed by atoms with Crippen LogP contribution in [0.15, 0.2) is 4.52 Å². The smallest absolute Gasteiger partial charge is 0.246 e. The van der Waals surface area contributed by atoms with E-state index in [1.54, 1.807) is 0 Å². The van der Waals surface area contributed by atoms with Crippen LogP contribution in [0.25, 0.3) is 22.6 Å². The van der Waals surface area contributed by atoms with Crippen LogP contribution in [0.4, 0.5) is 5.82 Å². The van der Waals surface area contributed by atoms with Crippen molar-refractivity contribution in [3.8, 4) is 17.4 Å². The number of nitrogens with zero attached hydrogens (tertiary/aromatic N) is 7. The normalized spacial score (nSPS) is 35.2. The number of aliphatic hydroxyl groups is 1. The molecule has 2 spiro atoms. The molecular formula is C35H47N7O5. The maximum absolute atomic E-state index is 11.3. The van der Waals surface area contributed by atoms with Gasteiger partial charge < -0.3 is 28.7 Å². The van der Waals surface area contributed by atoms with Crippen LogP contribution in [0, 0.1) is 0 Å². The van der Waals surface area contributed by atoms with Gasteiger partial charge in [0.15, 0.2) is 28.7 Å². The van der Waals surface area contributed by atoms with Crippen molar-refractivity contribution in [2.24, 2.45) is 0 Å². The Morgan fingerprint density at radius 1 is 0.936 bits per heavy atom. The standard InChI is InChI=1S/C35H47N7O5/c1-21(25-10-9-22-7-6-16-40(22)25)42-31-26-30(41-20-33(2,43)15-11-23(41)19-44-32(26)38-42)36-29(37-31)27-24-8-5-13-34(28(24)47-39-27)12-3-4-14-35(34)45-17-18-46-35/h21-23,25,43H,3-20H2,1-2H3/t21-,22?,23+,25-,33+,34-/m0/s1. The summed E-state index contributed by atoms with van der Waals surface area (Å²) in [4.78, 5) is 15.6. The van der Waals surface area contributed by atoms with Crippen LogP contribution in [0.3, 0.4) is 0 Å². The highest BCUT2D eigenvalue weighted by molar-refractivity contribution is 5.94. The Kier molecular flexibility index (Phi) is 6.42. The Bertz CT molecular complexity index is 1710. The first-order valence-electron chi connectivity index (χ1n) is 18.3. The van der Waals surface area contributed by atoms with E-state index >= 15 is 0 Å². The van der Waals surface area contributed by atoms with Gasteiger partial charge in [0, 0.05) is 30.6 Å². The van der Waals surface area contributed by atoms with Gasteiger partial charge in [-0.1, -0.05) is 11.6 Å². The van der Waals surface area contributed by atoms with Gasteiger partial charge in [-0.15, -0.1) is 5.10 Å². The van der Waals surface area contributed by atoms with Crippen molar-refractivity contribution in [2.45, 2.75) is 138 Å². The van der Waals surface area contributed by atoms with E-state index in [0.29, 0.717) is 55.8 Å². The number of rotatable bonds is 3. The largest absolute Gasteiger partial charge is 0.474 e. The van der Waals surface area contributed by atoms with Gasteiger partial charge in [-0.2, -0.15) is 0 Å². The van der Waals surface area contributed by atoms with Gasteiger partial charge in [-0.3, -0.25) is 4.90 Å². The van der Waals surface area contributed by atoms with Gasteiger partial charge in [0.1, 0.15) is 17.8 Å². The number of piperidine rings is 1. The van der Waals surface area contributed by atoms with E-state index in [-0.39, 0.29) is 17.5 Å². The first kappa shape index (κ1) is 29.1. The Morgan fingerprint density at radius 3 is 2.68 bits per heavy atom. The second-order valence-electron chi connectivity index (χ2n) is 15.8. The van der Waals surface area contributed by atoms with E-state index in [1.807, 2.05) is 6.92 Å². The van der Waals surface area contributed by atoms with E-state index < -0.39 is 11.4 Å². The molecule has 12 heteroatoms. The van der Waals surface area contributed by atoms with Gasteiger partial charge in [0.2, 0.25) is 5.88 Å². The molecule has 47 heavy (non-hydrogen) atoms. The zero-order chi connectivity index (χ0) is 31.5.